The summed E-state index contributed by atoms with van der Waals surface area (Å²) >= 11 is 1.61. The van der Waals surface area contributed by atoms with Gasteiger partial charge in [0.15, 0.2) is 5.82 Å². The average Bonchev–Trinajstić information content (AvgIpc) is 3.38. The molecule has 3 aromatic rings. The number of nitrogens with two attached hydrogens (primary N) is 1. The number of carbonyl (C=O) groups excluding carboxylic acids is 2. The molecule has 1 aliphatic carbocycles. The summed E-state index contributed by atoms with van der Waals surface area (Å²) in [6.07, 6.45) is 4.20. The summed E-state index contributed by atoms with van der Waals surface area (Å²) in [4.78, 5) is 26.3. The van der Waals surface area contributed by atoms with E-state index in [1.54, 1.807) is 18.3 Å². The second-order valence-corrected chi connectivity index (χ2v) is 11.1. The van der Waals surface area contributed by atoms with Crippen LogP contribution in [0.5, 0.6) is 0 Å². The van der Waals surface area contributed by atoms with Crippen LogP contribution in [0.1, 0.15) is 58.4 Å². The lowest BCUT2D eigenvalue weighted by Crippen LogP contribution is -2.38. The van der Waals surface area contributed by atoms with E-state index in [1.807, 2.05) is 67.6 Å². The lowest BCUT2D eigenvalue weighted by molar-refractivity contribution is -0.130. The number of rotatable bonds is 7. The highest BCUT2D eigenvalue weighted by molar-refractivity contribution is 7.08. The molecule has 0 radical (unpaired) electrons. The predicted octanol–water partition coefficient (Wildman–Crippen LogP) is 5.43. The Labute approximate surface area is 217 Å². The van der Waals surface area contributed by atoms with Gasteiger partial charge in [0.1, 0.15) is 5.69 Å². The van der Waals surface area contributed by atoms with E-state index in [2.05, 4.69) is 20.9 Å². The van der Waals surface area contributed by atoms with Crippen molar-refractivity contribution in [3.8, 4) is 22.4 Å². The molecule has 2 aromatic heterocycles. The number of nitrogens with zero attached hydrogens (tertiary/aromatic N) is 3. The molecule has 36 heavy (non-hydrogen) atoms. The second kappa shape index (κ2) is 10.9. The summed E-state index contributed by atoms with van der Waals surface area (Å²) in [5, 5.41) is 15.9. The van der Waals surface area contributed by atoms with Gasteiger partial charge in [0.2, 0.25) is 11.8 Å². The standard InChI is InChI=1S/C28H35N5O2S/c1-18(34)33(4)23-11-5-19(6-12-23)15-26(35)30-25-16-24(21-13-14-36-17-21)27(32-31-25)20-7-9-22(10-8-20)28(2,3)29/h7-10,13-14,16-17,19,23H,5-6,11-12,15,29H2,1-4H3,(H,30,31,35)/t19-,23-. The summed E-state index contributed by atoms with van der Waals surface area (Å²) in [5.41, 5.74) is 10.5. The lowest BCUT2D eigenvalue weighted by Gasteiger charge is -2.34. The number of benzene rings is 1. The van der Waals surface area contributed by atoms with E-state index in [4.69, 9.17) is 5.73 Å². The first-order chi connectivity index (χ1) is 17.1. The van der Waals surface area contributed by atoms with Gasteiger partial charge in [-0.1, -0.05) is 24.3 Å². The Morgan fingerprint density at radius 1 is 1.08 bits per heavy atom. The molecule has 0 atom stereocenters. The molecule has 2 heterocycles. The molecule has 4 rings (SSSR count). The highest BCUT2D eigenvalue weighted by Gasteiger charge is 2.26. The van der Waals surface area contributed by atoms with E-state index in [0.29, 0.717) is 18.2 Å². The van der Waals surface area contributed by atoms with Crippen LogP contribution in [-0.2, 0) is 15.1 Å². The molecule has 0 spiro atoms. The molecule has 1 aliphatic rings. The molecule has 7 nitrogen and oxygen atoms in total. The number of hydrogen-bond acceptors (Lipinski definition) is 6. The normalized spacial score (nSPS) is 18.0. The molecule has 0 aliphatic heterocycles. The minimum Gasteiger partial charge on any atom is -0.343 e. The topological polar surface area (TPSA) is 101 Å². The Morgan fingerprint density at radius 2 is 1.78 bits per heavy atom. The van der Waals surface area contributed by atoms with Crippen molar-refractivity contribution in [1.29, 1.82) is 0 Å². The first-order valence-electron chi connectivity index (χ1n) is 12.4. The van der Waals surface area contributed by atoms with E-state index in [9.17, 15) is 9.59 Å². The summed E-state index contributed by atoms with van der Waals surface area (Å²) in [5.74, 6) is 0.815. The zero-order valence-corrected chi connectivity index (χ0v) is 22.3. The van der Waals surface area contributed by atoms with Crippen molar-refractivity contribution in [2.24, 2.45) is 11.7 Å². The summed E-state index contributed by atoms with van der Waals surface area (Å²) in [7, 11) is 1.86. The predicted molar refractivity (Wildman–Crippen MR) is 145 cm³/mol. The van der Waals surface area contributed by atoms with Crippen molar-refractivity contribution in [2.45, 2.75) is 64.5 Å². The van der Waals surface area contributed by atoms with Crippen LogP contribution < -0.4 is 11.1 Å². The van der Waals surface area contributed by atoms with Gasteiger partial charge in [-0.2, -0.15) is 11.3 Å². The summed E-state index contributed by atoms with van der Waals surface area (Å²) < 4.78 is 0. The third kappa shape index (κ3) is 6.17. The third-order valence-corrected chi connectivity index (χ3v) is 7.81. The van der Waals surface area contributed by atoms with E-state index < -0.39 is 5.54 Å². The van der Waals surface area contributed by atoms with Gasteiger partial charge in [-0.05, 0) is 79.5 Å². The van der Waals surface area contributed by atoms with E-state index in [1.165, 1.54) is 0 Å². The fourth-order valence-corrected chi connectivity index (χ4v) is 5.47. The number of nitrogens with one attached hydrogen (secondary N) is 1. The van der Waals surface area contributed by atoms with Crippen LogP contribution in [0.3, 0.4) is 0 Å². The van der Waals surface area contributed by atoms with Gasteiger partial charge in [-0.15, -0.1) is 10.2 Å². The van der Waals surface area contributed by atoms with Crippen molar-refractivity contribution in [1.82, 2.24) is 15.1 Å². The van der Waals surface area contributed by atoms with Crippen LogP contribution in [0.15, 0.2) is 47.2 Å². The monoisotopic (exact) mass is 505 g/mol. The zero-order chi connectivity index (χ0) is 25.9. The van der Waals surface area contributed by atoms with Crippen molar-refractivity contribution < 1.29 is 9.59 Å². The van der Waals surface area contributed by atoms with Gasteiger partial charge in [0.05, 0.1) is 0 Å². The molecule has 190 valence electrons. The van der Waals surface area contributed by atoms with Gasteiger partial charge in [0.25, 0.3) is 0 Å². The fourth-order valence-electron chi connectivity index (χ4n) is 4.81. The molecule has 1 fully saturated rings. The van der Waals surface area contributed by atoms with Gasteiger partial charge in [-0.25, -0.2) is 0 Å². The Kier molecular flexibility index (Phi) is 7.85. The van der Waals surface area contributed by atoms with Gasteiger partial charge < -0.3 is 16.0 Å². The smallest absolute Gasteiger partial charge is 0.225 e. The first kappa shape index (κ1) is 26.0. The van der Waals surface area contributed by atoms with Crippen LogP contribution in [0.2, 0.25) is 0 Å². The van der Waals surface area contributed by atoms with Crippen molar-refractivity contribution >= 4 is 29.0 Å². The van der Waals surface area contributed by atoms with Crippen molar-refractivity contribution in [3.05, 3.63) is 52.7 Å². The highest BCUT2D eigenvalue weighted by atomic mass is 32.1. The molecular formula is C28H35N5O2S. The van der Waals surface area contributed by atoms with Gasteiger partial charge >= 0.3 is 0 Å². The minimum atomic E-state index is -0.420. The number of carbonyl (C=O) groups is 2. The highest BCUT2D eigenvalue weighted by Crippen LogP contribution is 2.34. The molecule has 0 bridgehead atoms. The molecule has 0 unspecified atom stereocenters. The van der Waals surface area contributed by atoms with Gasteiger partial charge in [-0.3, -0.25) is 9.59 Å². The van der Waals surface area contributed by atoms with Crippen LogP contribution in [0.4, 0.5) is 5.82 Å². The average molecular weight is 506 g/mol. The van der Waals surface area contributed by atoms with E-state index in [-0.39, 0.29) is 17.9 Å². The number of amides is 2. The molecule has 8 heteroatoms. The maximum absolute atomic E-state index is 12.8. The summed E-state index contributed by atoms with van der Waals surface area (Å²) in [6.45, 7) is 5.56. The first-order valence-corrected chi connectivity index (χ1v) is 13.4. The Bertz CT molecular complexity index is 1190. The number of aromatic nitrogens is 2. The quantitative estimate of drug-likeness (QED) is 0.446. The fraction of sp³-hybridized carbons (Fsp3) is 0.429. The minimum absolute atomic E-state index is 0.0498. The van der Waals surface area contributed by atoms with E-state index >= 15 is 0 Å². The molecule has 1 aromatic carbocycles. The number of anilines is 1. The third-order valence-electron chi connectivity index (χ3n) is 7.13. The van der Waals surface area contributed by atoms with Crippen LogP contribution in [-0.4, -0.2) is 40.0 Å². The van der Waals surface area contributed by atoms with Crippen molar-refractivity contribution in [3.63, 3.8) is 0 Å². The van der Waals surface area contributed by atoms with Crippen LogP contribution >= 0.6 is 11.3 Å². The number of thiophene rings is 1. The maximum Gasteiger partial charge on any atom is 0.225 e. The lowest BCUT2D eigenvalue weighted by atomic mass is 9.83. The molecule has 1 saturated carbocycles. The summed E-state index contributed by atoms with van der Waals surface area (Å²) in [6, 6.07) is 12.3. The zero-order valence-electron chi connectivity index (χ0n) is 21.5. The van der Waals surface area contributed by atoms with Crippen LogP contribution in [0.25, 0.3) is 22.4 Å². The molecule has 0 saturated heterocycles. The molecular weight excluding hydrogens is 470 g/mol. The Hall–Kier alpha value is -3.10. The van der Waals surface area contributed by atoms with Gasteiger partial charge in [0, 0.05) is 43.1 Å². The molecule has 3 N–H and O–H groups in total. The maximum atomic E-state index is 12.8. The Morgan fingerprint density at radius 3 is 2.36 bits per heavy atom. The SMILES string of the molecule is CC(=O)N(C)[C@H]1CC[C@H](CC(=O)Nc2cc(-c3ccsc3)c(-c3ccc(C(C)(C)N)cc3)nn2)CC1. The number of hydrogen-bond donors (Lipinski definition) is 2. The largest absolute Gasteiger partial charge is 0.343 e. The Balaban J connectivity index is 1.47. The van der Waals surface area contributed by atoms with Crippen LogP contribution in [0, 0.1) is 5.92 Å². The van der Waals surface area contributed by atoms with E-state index in [0.717, 1.165) is 53.6 Å². The second-order valence-electron chi connectivity index (χ2n) is 10.4. The molecule has 2 amide bonds. The van der Waals surface area contributed by atoms with Crippen molar-refractivity contribution in [2.75, 3.05) is 12.4 Å².